The topological polar surface area (TPSA) is 83.5 Å². The van der Waals surface area contributed by atoms with Gasteiger partial charge in [-0.2, -0.15) is 0 Å². The summed E-state index contributed by atoms with van der Waals surface area (Å²) >= 11 is 0. The molecule has 0 bridgehead atoms. The first-order chi connectivity index (χ1) is 12.5. The lowest BCUT2D eigenvalue weighted by Gasteiger charge is -2.42. The second kappa shape index (κ2) is 9.68. The van der Waals surface area contributed by atoms with Crippen molar-refractivity contribution >= 4 is 5.97 Å². The number of rotatable bonds is 8. The van der Waals surface area contributed by atoms with Crippen molar-refractivity contribution in [3.63, 3.8) is 0 Å². The molecule has 2 rings (SSSR count). The third-order valence-corrected chi connectivity index (χ3v) is 4.03. The van der Waals surface area contributed by atoms with Crippen LogP contribution in [0.4, 0.5) is 0 Å². The SMILES string of the molecule is C=CCO[C@@H]1O[C@@H](C)[C@H](OCc2ccc(OC)cc2)[C@@H](O)[C@H]1OC(C)=O. The summed E-state index contributed by atoms with van der Waals surface area (Å²) < 4.78 is 27.4. The van der Waals surface area contributed by atoms with E-state index in [9.17, 15) is 9.90 Å². The number of methoxy groups -OCH3 is 1. The zero-order valence-corrected chi connectivity index (χ0v) is 15.3. The summed E-state index contributed by atoms with van der Waals surface area (Å²) in [6, 6.07) is 7.41. The van der Waals surface area contributed by atoms with E-state index < -0.39 is 36.7 Å². The van der Waals surface area contributed by atoms with Crippen molar-refractivity contribution in [1.82, 2.24) is 0 Å². The first-order valence-corrected chi connectivity index (χ1v) is 8.44. The number of ether oxygens (including phenoxy) is 5. The van der Waals surface area contributed by atoms with E-state index in [0.29, 0.717) is 0 Å². The molecule has 0 amide bonds. The number of benzene rings is 1. The second-order valence-electron chi connectivity index (χ2n) is 6.02. The quantitative estimate of drug-likeness (QED) is 0.555. The Hall–Kier alpha value is -1.93. The molecule has 7 heteroatoms. The van der Waals surface area contributed by atoms with Crippen LogP contribution in [0.25, 0.3) is 0 Å². The van der Waals surface area contributed by atoms with E-state index in [4.69, 9.17) is 23.7 Å². The zero-order chi connectivity index (χ0) is 19.1. The predicted molar refractivity (Wildman–Crippen MR) is 93.6 cm³/mol. The van der Waals surface area contributed by atoms with E-state index in [1.807, 2.05) is 24.3 Å². The van der Waals surface area contributed by atoms with E-state index in [-0.39, 0.29) is 13.2 Å². The highest BCUT2D eigenvalue weighted by molar-refractivity contribution is 5.66. The van der Waals surface area contributed by atoms with Gasteiger partial charge in [-0.1, -0.05) is 18.2 Å². The molecular formula is C19H26O7. The standard InChI is InChI=1S/C19H26O7/c1-5-10-23-19-18(26-13(3)20)16(21)17(12(2)25-19)24-11-14-6-8-15(22-4)9-7-14/h5-9,12,16-19,21H,1,10-11H2,2-4H3/t12-,16+,17-,18+,19+/m0/s1. The molecule has 0 spiro atoms. The molecular weight excluding hydrogens is 340 g/mol. The molecule has 1 aliphatic rings. The first kappa shape index (κ1) is 20.4. The molecule has 1 heterocycles. The molecule has 1 fully saturated rings. The second-order valence-corrected chi connectivity index (χ2v) is 6.02. The van der Waals surface area contributed by atoms with Crippen LogP contribution in [-0.2, 0) is 30.3 Å². The van der Waals surface area contributed by atoms with Crippen LogP contribution in [0.2, 0.25) is 0 Å². The Labute approximate surface area is 153 Å². The normalized spacial score (nSPS) is 28.4. The summed E-state index contributed by atoms with van der Waals surface area (Å²) in [5.41, 5.74) is 0.916. The summed E-state index contributed by atoms with van der Waals surface area (Å²) in [6.07, 6.45) is -2.53. The average Bonchev–Trinajstić information content (AvgIpc) is 2.62. The average molecular weight is 366 g/mol. The molecule has 26 heavy (non-hydrogen) atoms. The Kier molecular flexibility index (Phi) is 7.59. The molecule has 0 aliphatic carbocycles. The predicted octanol–water partition coefficient (Wildman–Crippen LogP) is 1.82. The Balaban J connectivity index is 2.04. The van der Waals surface area contributed by atoms with E-state index in [1.165, 1.54) is 6.92 Å². The maximum Gasteiger partial charge on any atom is 0.303 e. The third-order valence-electron chi connectivity index (χ3n) is 4.03. The van der Waals surface area contributed by atoms with Crippen LogP contribution in [0.1, 0.15) is 19.4 Å². The molecule has 1 saturated heterocycles. The van der Waals surface area contributed by atoms with Crippen LogP contribution in [0.15, 0.2) is 36.9 Å². The van der Waals surface area contributed by atoms with Crippen molar-refractivity contribution in [2.24, 2.45) is 0 Å². The fraction of sp³-hybridized carbons (Fsp3) is 0.526. The summed E-state index contributed by atoms with van der Waals surface area (Å²) in [4.78, 5) is 11.4. The van der Waals surface area contributed by atoms with E-state index in [1.54, 1.807) is 20.1 Å². The minimum Gasteiger partial charge on any atom is -0.497 e. The first-order valence-electron chi connectivity index (χ1n) is 8.44. The van der Waals surface area contributed by atoms with Gasteiger partial charge in [0.15, 0.2) is 12.4 Å². The molecule has 5 atom stereocenters. The van der Waals surface area contributed by atoms with E-state index in [2.05, 4.69) is 6.58 Å². The van der Waals surface area contributed by atoms with Crippen LogP contribution >= 0.6 is 0 Å². The molecule has 0 unspecified atom stereocenters. The molecule has 1 aliphatic heterocycles. The monoisotopic (exact) mass is 366 g/mol. The molecule has 0 radical (unpaired) electrons. The van der Waals surface area contributed by atoms with Gasteiger partial charge in [-0.15, -0.1) is 6.58 Å². The number of aliphatic hydroxyl groups is 1. The van der Waals surface area contributed by atoms with Crippen LogP contribution in [0, 0.1) is 0 Å². The van der Waals surface area contributed by atoms with Gasteiger partial charge in [0.25, 0.3) is 0 Å². The molecule has 0 saturated carbocycles. The molecule has 144 valence electrons. The number of aliphatic hydroxyl groups excluding tert-OH is 1. The number of hydrogen-bond acceptors (Lipinski definition) is 7. The van der Waals surface area contributed by atoms with Crippen molar-refractivity contribution in [3.8, 4) is 5.75 Å². The minimum absolute atomic E-state index is 0.208. The highest BCUT2D eigenvalue weighted by atomic mass is 16.7. The smallest absolute Gasteiger partial charge is 0.303 e. The Bertz CT molecular complexity index is 586. The van der Waals surface area contributed by atoms with Crippen LogP contribution < -0.4 is 4.74 Å². The zero-order valence-electron chi connectivity index (χ0n) is 15.3. The number of hydrogen-bond donors (Lipinski definition) is 1. The highest BCUT2D eigenvalue weighted by Gasteiger charge is 2.46. The van der Waals surface area contributed by atoms with Gasteiger partial charge in [-0.3, -0.25) is 4.79 Å². The molecule has 1 aromatic rings. The lowest BCUT2D eigenvalue weighted by atomic mass is 9.99. The summed E-state index contributed by atoms with van der Waals surface area (Å²) in [5, 5.41) is 10.7. The number of esters is 1. The minimum atomic E-state index is -1.09. The van der Waals surface area contributed by atoms with Gasteiger partial charge in [-0.25, -0.2) is 0 Å². The lowest BCUT2D eigenvalue weighted by Crippen LogP contribution is -2.59. The maximum atomic E-state index is 11.4. The molecule has 1 N–H and O–H groups in total. The largest absolute Gasteiger partial charge is 0.497 e. The molecule has 7 nitrogen and oxygen atoms in total. The van der Waals surface area contributed by atoms with Gasteiger partial charge in [0.1, 0.15) is 18.0 Å². The Morgan fingerprint density at radius 1 is 1.27 bits per heavy atom. The van der Waals surface area contributed by atoms with Crippen molar-refractivity contribution in [2.75, 3.05) is 13.7 Å². The van der Waals surface area contributed by atoms with Gasteiger partial charge in [0.2, 0.25) is 0 Å². The molecule has 0 aromatic heterocycles. The van der Waals surface area contributed by atoms with Crippen molar-refractivity contribution in [2.45, 2.75) is 51.2 Å². The van der Waals surface area contributed by atoms with E-state index in [0.717, 1.165) is 11.3 Å². The third kappa shape index (κ3) is 5.28. The number of carbonyl (C=O) groups is 1. The van der Waals surface area contributed by atoms with Crippen molar-refractivity contribution in [3.05, 3.63) is 42.5 Å². The van der Waals surface area contributed by atoms with Gasteiger partial charge in [0, 0.05) is 6.92 Å². The summed E-state index contributed by atoms with van der Waals surface area (Å²) in [5.74, 6) is 0.216. The Morgan fingerprint density at radius 2 is 1.96 bits per heavy atom. The van der Waals surface area contributed by atoms with Gasteiger partial charge >= 0.3 is 5.97 Å². The fourth-order valence-electron chi connectivity index (χ4n) is 2.75. The van der Waals surface area contributed by atoms with Crippen LogP contribution in [0.3, 0.4) is 0 Å². The Morgan fingerprint density at radius 3 is 2.54 bits per heavy atom. The highest BCUT2D eigenvalue weighted by Crippen LogP contribution is 2.27. The fourth-order valence-corrected chi connectivity index (χ4v) is 2.75. The van der Waals surface area contributed by atoms with Crippen molar-refractivity contribution < 1.29 is 33.6 Å². The maximum absolute atomic E-state index is 11.4. The summed E-state index contributed by atoms with van der Waals surface area (Å²) in [7, 11) is 1.60. The van der Waals surface area contributed by atoms with Gasteiger partial charge < -0.3 is 28.8 Å². The molecule has 1 aromatic carbocycles. The van der Waals surface area contributed by atoms with Gasteiger partial charge in [0.05, 0.1) is 26.4 Å². The van der Waals surface area contributed by atoms with E-state index >= 15 is 0 Å². The number of carbonyl (C=O) groups excluding carboxylic acids is 1. The van der Waals surface area contributed by atoms with Gasteiger partial charge in [-0.05, 0) is 24.6 Å². The summed E-state index contributed by atoms with van der Waals surface area (Å²) in [6.45, 7) is 7.09. The van der Waals surface area contributed by atoms with Crippen LogP contribution in [-0.4, -0.2) is 55.5 Å². The lowest BCUT2D eigenvalue weighted by molar-refractivity contribution is -0.301. The van der Waals surface area contributed by atoms with Crippen LogP contribution in [0.5, 0.6) is 5.75 Å². The van der Waals surface area contributed by atoms with Crippen molar-refractivity contribution in [1.29, 1.82) is 0 Å².